The molecule has 0 fully saturated rings. The number of rotatable bonds is 7. The summed E-state index contributed by atoms with van der Waals surface area (Å²) < 4.78 is 0. The Bertz CT molecular complexity index is 466. The molecule has 0 unspecified atom stereocenters. The minimum absolute atomic E-state index is 0.106. The number of amides is 1. The lowest BCUT2D eigenvalue weighted by Crippen LogP contribution is -2.11. The molecule has 0 saturated carbocycles. The van der Waals surface area contributed by atoms with E-state index in [1.54, 1.807) is 0 Å². The van der Waals surface area contributed by atoms with E-state index in [1.165, 1.54) is 18.2 Å². The molecule has 104 valence electrons. The smallest absolute Gasteiger partial charge is 0.271 e. The van der Waals surface area contributed by atoms with Crippen LogP contribution in [0.5, 0.6) is 0 Å². The summed E-state index contributed by atoms with van der Waals surface area (Å²) in [4.78, 5) is 21.6. The molecule has 0 atom stereocenters. The van der Waals surface area contributed by atoms with Crippen molar-refractivity contribution in [3.05, 3.63) is 33.3 Å². The molecule has 0 bridgehead atoms. The van der Waals surface area contributed by atoms with Crippen molar-refractivity contribution in [2.45, 2.75) is 25.7 Å². The molecule has 0 aliphatic heterocycles. The number of halogens is 1. The van der Waals surface area contributed by atoms with E-state index in [9.17, 15) is 14.9 Å². The number of anilines is 1. The van der Waals surface area contributed by atoms with Gasteiger partial charge >= 0.3 is 0 Å². The van der Waals surface area contributed by atoms with Gasteiger partial charge in [0.15, 0.2) is 0 Å². The number of nitrogens with two attached hydrogens (primary N) is 1. The SMILES string of the molecule is NCCCCCC(=O)Nc1ccc([N+](=O)[O-])cc1Cl. The fourth-order valence-electron chi connectivity index (χ4n) is 1.54. The molecular weight excluding hydrogens is 270 g/mol. The van der Waals surface area contributed by atoms with Crippen molar-refractivity contribution < 1.29 is 9.72 Å². The molecule has 1 rings (SSSR count). The lowest BCUT2D eigenvalue weighted by atomic mass is 10.2. The standard InChI is InChI=1S/C12H16ClN3O3/c13-10-8-9(16(18)19)5-6-11(10)15-12(17)4-2-1-3-7-14/h5-6,8H,1-4,7,14H2,(H,15,17). The van der Waals surface area contributed by atoms with E-state index in [0.29, 0.717) is 18.7 Å². The number of nitrogens with one attached hydrogen (secondary N) is 1. The second-order valence-electron chi connectivity index (χ2n) is 4.07. The number of nitrogens with zero attached hydrogens (tertiary/aromatic N) is 1. The molecular formula is C12H16ClN3O3. The largest absolute Gasteiger partial charge is 0.330 e. The minimum Gasteiger partial charge on any atom is -0.330 e. The van der Waals surface area contributed by atoms with Gasteiger partial charge in [-0.3, -0.25) is 14.9 Å². The van der Waals surface area contributed by atoms with Crippen LogP contribution in [-0.2, 0) is 4.79 Å². The molecule has 6 nitrogen and oxygen atoms in total. The van der Waals surface area contributed by atoms with Gasteiger partial charge in [-0.05, 0) is 25.5 Å². The lowest BCUT2D eigenvalue weighted by Gasteiger charge is -2.06. The number of unbranched alkanes of at least 4 members (excludes halogenated alkanes) is 2. The molecule has 0 heterocycles. The summed E-state index contributed by atoms with van der Waals surface area (Å²) in [6, 6.07) is 3.94. The van der Waals surface area contributed by atoms with Crippen LogP contribution in [0.2, 0.25) is 5.02 Å². The molecule has 0 aliphatic rings. The maximum absolute atomic E-state index is 11.6. The van der Waals surface area contributed by atoms with Crippen molar-refractivity contribution in [1.29, 1.82) is 0 Å². The summed E-state index contributed by atoms with van der Waals surface area (Å²) in [7, 11) is 0. The molecule has 0 saturated heterocycles. The number of hydrogen-bond donors (Lipinski definition) is 2. The summed E-state index contributed by atoms with van der Waals surface area (Å²) in [5, 5.41) is 13.3. The van der Waals surface area contributed by atoms with Gasteiger partial charge in [-0.2, -0.15) is 0 Å². The number of nitro benzene ring substituents is 1. The number of nitro groups is 1. The van der Waals surface area contributed by atoms with Crippen LogP contribution in [0.1, 0.15) is 25.7 Å². The predicted molar refractivity (Wildman–Crippen MR) is 74.3 cm³/mol. The maximum Gasteiger partial charge on any atom is 0.271 e. The van der Waals surface area contributed by atoms with Crippen LogP contribution >= 0.6 is 11.6 Å². The molecule has 0 radical (unpaired) electrons. The summed E-state index contributed by atoms with van der Waals surface area (Å²) in [6.45, 7) is 0.621. The van der Waals surface area contributed by atoms with Crippen molar-refractivity contribution >= 4 is 28.9 Å². The van der Waals surface area contributed by atoms with Gasteiger partial charge in [-0.25, -0.2) is 0 Å². The quantitative estimate of drug-likeness (QED) is 0.457. The van der Waals surface area contributed by atoms with E-state index >= 15 is 0 Å². The first-order valence-electron chi connectivity index (χ1n) is 5.98. The topological polar surface area (TPSA) is 98.3 Å². The second-order valence-corrected chi connectivity index (χ2v) is 4.48. The zero-order valence-electron chi connectivity index (χ0n) is 10.4. The van der Waals surface area contributed by atoms with Gasteiger partial charge in [0, 0.05) is 18.6 Å². The predicted octanol–water partition coefficient (Wildman–Crippen LogP) is 2.71. The van der Waals surface area contributed by atoms with Crippen molar-refractivity contribution in [3.63, 3.8) is 0 Å². The molecule has 0 aliphatic carbocycles. The Morgan fingerprint density at radius 3 is 2.68 bits per heavy atom. The summed E-state index contributed by atoms with van der Waals surface area (Å²) in [6.07, 6.45) is 2.93. The third-order valence-electron chi connectivity index (χ3n) is 2.55. The highest BCUT2D eigenvalue weighted by atomic mass is 35.5. The highest BCUT2D eigenvalue weighted by molar-refractivity contribution is 6.33. The van der Waals surface area contributed by atoms with Crippen LogP contribution in [0.15, 0.2) is 18.2 Å². The van der Waals surface area contributed by atoms with Gasteiger partial charge in [-0.15, -0.1) is 0 Å². The van der Waals surface area contributed by atoms with Crippen LogP contribution in [0.3, 0.4) is 0 Å². The third-order valence-corrected chi connectivity index (χ3v) is 2.86. The molecule has 1 aromatic rings. The normalized spacial score (nSPS) is 10.2. The Morgan fingerprint density at radius 1 is 1.37 bits per heavy atom. The zero-order chi connectivity index (χ0) is 14.3. The van der Waals surface area contributed by atoms with E-state index in [-0.39, 0.29) is 16.6 Å². The summed E-state index contributed by atoms with van der Waals surface area (Å²) >= 11 is 5.87. The molecule has 19 heavy (non-hydrogen) atoms. The average Bonchev–Trinajstić information content (AvgIpc) is 2.37. The highest BCUT2D eigenvalue weighted by Gasteiger charge is 2.11. The van der Waals surface area contributed by atoms with Crippen molar-refractivity contribution in [2.24, 2.45) is 5.73 Å². The van der Waals surface area contributed by atoms with Gasteiger partial charge < -0.3 is 11.1 Å². The Hall–Kier alpha value is -1.66. The molecule has 1 aromatic carbocycles. The molecule has 7 heteroatoms. The Labute approximate surface area is 116 Å². The van der Waals surface area contributed by atoms with Crippen LogP contribution in [0.4, 0.5) is 11.4 Å². The van der Waals surface area contributed by atoms with Gasteiger partial charge in [0.05, 0.1) is 15.6 Å². The Kier molecular flexibility index (Phi) is 6.24. The highest BCUT2D eigenvalue weighted by Crippen LogP contribution is 2.26. The number of hydrogen-bond acceptors (Lipinski definition) is 4. The number of carbonyl (C=O) groups excluding carboxylic acids is 1. The minimum atomic E-state index is -0.537. The average molecular weight is 286 g/mol. The monoisotopic (exact) mass is 285 g/mol. The fourth-order valence-corrected chi connectivity index (χ4v) is 1.76. The van der Waals surface area contributed by atoms with E-state index in [1.807, 2.05) is 0 Å². The zero-order valence-corrected chi connectivity index (χ0v) is 11.2. The number of non-ortho nitro benzene ring substituents is 1. The van der Waals surface area contributed by atoms with Crippen LogP contribution in [-0.4, -0.2) is 17.4 Å². The van der Waals surface area contributed by atoms with Crippen molar-refractivity contribution in [1.82, 2.24) is 0 Å². The second kappa shape index (κ2) is 7.70. The first-order valence-corrected chi connectivity index (χ1v) is 6.36. The molecule has 1 amide bonds. The van der Waals surface area contributed by atoms with Gasteiger partial charge in [-0.1, -0.05) is 18.0 Å². The van der Waals surface area contributed by atoms with E-state index in [0.717, 1.165) is 19.3 Å². The fraction of sp³-hybridized carbons (Fsp3) is 0.417. The molecule has 3 N–H and O–H groups in total. The third kappa shape index (κ3) is 5.23. The Balaban J connectivity index is 2.52. The van der Waals surface area contributed by atoms with E-state index < -0.39 is 4.92 Å². The van der Waals surface area contributed by atoms with Crippen molar-refractivity contribution in [2.75, 3.05) is 11.9 Å². The summed E-state index contributed by atoms with van der Waals surface area (Å²) in [5.41, 5.74) is 5.63. The lowest BCUT2D eigenvalue weighted by molar-refractivity contribution is -0.384. The first-order chi connectivity index (χ1) is 9.04. The van der Waals surface area contributed by atoms with Gasteiger partial charge in [0.25, 0.3) is 5.69 Å². The van der Waals surface area contributed by atoms with Gasteiger partial charge in [0.1, 0.15) is 0 Å². The number of carbonyl (C=O) groups is 1. The van der Waals surface area contributed by atoms with Gasteiger partial charge in [0.2, 0.25) is 5.91 Å². The maximum atomic E-state index is 11.6. The Morgan fingerprint density at radius 2 is 2.11 bits per heavy atom. The summed E-state index contributed by atoms with van der Waals surface area (Å²) in [5.74, 6) is -0.159. The molecule has 0 spiro atoms. The number of benzene rings is 1. The van der Waals surface area contributed by atoms with Crippen molar-refractivity contribution in [3.8, 4) is 0 Å². The van der Waals surface area contributed by atoms with Crippen LogP contribution in [0, 0.1) is 10.1 Å². The van der Waals surface area contributed by atoms with Crippen LogP contribution in [0.25, 0.3) is 0 Å². The van der Waals surface area contributed by atoms with E-state index in [2.05, 4.69) is 5.32 Å². The first kappa shape index (κ1) is 15.4. The van der Waals surface area contributed by atoms with Crippen LogP contribution < -0.4 is 11.1 Å². The molecule has 0 aromatic heterocycles. The van der Waals surface area contributed by atoms with E-state index in [4.69, 9.17) is 17.3 Å².